The zero-order valence-electron chi connectivity index (χ0n) is 59.4. The van der Waals surface area contributed by atoms with E-state index in [1.54, 1.807) is 0 Å². The van der Waals surface area contributed by atoms with Crippen molar-refractivity contribution < 1.29 is 50.5 Å². The van der Waals surface area contributed by atoms with Crippen LogP contribution in [0.5, 0.6) is 17.2 Å². The minimum atomic E-state index is -1.88. The number of hydrogen-bond donors (Lipinski definition) is 0. The number of rotatable bonds is 3. The van der Waals surface area contributed by atoms with Gasteiger partial charge in [-0.3, -0.25) is 0 Å². The van der Waals surface area contributed by atoms with Crippen molar-refractivity contribution in [1.29, 1.82) is 0 Å². The predicted octanol–water partition coefficient (Wildman–Crippen LogP) is 12.5. The van der Waals surface area contributed by atoms with Crippen molar-refractivity contribution >= 4 is 77.7 Å². The standard InChI is InChI=1S/C54H31BN2O2/c1-7-19-45(56-46-20-8-2-14-36(46)37-15-3-9-21-47(37)56)35(13-1)34-29-41-40-26-25-32(30-51(40)59-55-44-18-6-12-24-50(44)58-52(31-34)53(41)55)33-27-42-38-16-4-10-22-48(38)57-49-23-11-5-17-39(49)43(28-33)54(42)57/h1-31H/i1D,2D,3D,4D,5D,6D,7D,8D,9D,10D,11D,12D,13D,14D,15D,16D,17D,18D,19D,20D,21D,22D,23D,24D,25D,26D,27D,28D,29D,30D. The molecule has 9 aromatic carbocycles. The normalized spacial score (nSPS) is 20.1. The van der Waals surface area contributed by atoms with Gasteiger partial charge in [0.2, 0.25) is 0 Å². The minimum Gasteiger partial charge on any atom is -0.551 e. The second-order valence-electron chi connectivity index (χ2n) is 13.6. The van der Waals surface area contributed by atoms with Gasteiger partial charge in [-0.15, -0.1) is 0 Å². The third-order valence-electron chi connectivity index (χ3n) is 10.7. The van der Waals surface area contributed by atoms with Crippen LogP contribution in [0.15, 0.2) is 187 Å². The van der Waals surface area contributed by atoms with Crippen LogP contribution in [-0.2, 0) is 0 Å². The van der Waals surface area contributed by atoms with Crippen LogP contribution in [0.1, 0.15) is 41.1 Å². The molecule has 0 bridgehead atoms. The average molecular weight is 781 g/mol. The van der Waals surface area contributed by atoms with Crippen molar-refractivity contribution in [2.75, 3.05) is 0 Å². The van der Waals surface area contributed by atoms with Crippen LogP contribution >= 0.6 is 0 Å². The Hall–Kier alpha value is -7.76. The second kappa shape index (κ2) is 11.4. The molecule has 14 rings (SSSR count). The Balaban J connectivity index is 1.16. The number of benzene rings is 9. The molecule has 4 nitrogen and oxygen atoms in total. The molecule has 2 aliphatic rings. The Bertz CT molecular complexity index is 5330. The van der Waals surface area contributed by atoms with Crippen LogP contribution in [0.4, 0.5) is 0 Å². The Morgan fingerprint density at radius 1 is 0.424 bits per heavy atom. The molecule has 0 N–H and O–H groups in total. The maximum absolute atomic E-state index is 10.3. The zero-order valence-corrected chi connectivity index (χ0v) is 29.4. The summed E-state index contributed by atoms with van der Waals surface area (Å²) < 4.78 is 290. The van der Waals surface area contributed by atoms with Gasteiger partial charge in [0.15, 0.2) is 0 Å². The van der Waals surface area contributed by atoms with E-state index in [1.165, 1.54) is 0 Å². The van der Waals surface area contributed by atoms with Crippen molar-refractivity contribution in [2.45, 2.75) is 0 Å². The SMILES string of the molecule is [2H]c1c([2H])c([2H])c2c(c1[2H])Oc1cc(-c3c([2H])c([2H])c([2H])c([2H])c3-n3c4c([2H])c([2H])c([2H])c([2H])c4c4c([2H])c([2H])c([2H])c([2H])c43)c([2H])c3c1B2Oc1c([2H])c(-c2c([2H])c4c5c([2H])c([2H])c([2H])c([2H])c5n5c6c([2H])c([2H])c([2H])c([2H])c6c(c2[2H])c45)c([2H])c([2H])c1-3. The second-order valence-corrected chi connectivity index (χ2v) is 13.6. The minimum absolute atomic E-state index is 0.216. The molecule has 0 saturated heterocycles. The third kappa shape index (κ3) is 4.18. The van der Waals surface area contributed by atoms with Gasteiger partial charge in [0, 0.05) is 54.4 Å². The number of ether oxygens (including phenoxy) is 1. The highest BCUT2D eigenvalue weighted by atomic mass is 16.5. The Morgan fingerprint density at radius 2 is 1.02 bits per heavy atom. The average Bonchev–Trinajstić information content (AvgIpc) is 1.58. The summed E-state index contributed by atoms with van der Waals surface area (Å²) in [6.45, 7) is -1.88. The van der Waals surface area contributed by atoms with Gasteiger partial charge in [0.05, 0.1) is 74.4 Å². The summed E-state index contributed by atoms with van der Waals surface area (Å²) >= 11 is 0. The van der Waals surface area contributed by atoms with Crippen LogP contribution < -0.4 is 20.3 Å². The van der Waals surface area contributed by atoms with E-state index in [0.29, 0.717) is 0 Å². The monoisotopic (exact) mass is 780 g/mol. The highest BCUT2D eigenvalue weighted by Crippen LogP contribution is 2.46. The van der Waals surface area contributed by atoms with Gasteiger partial charge in [-0.2, -0.15) is 0 Å². The lowest BCUT2D eigenvalue weighted by atomic mass is 9.50. The first-order chi connectivity index (χ1) is 41.8. The molecule has 0 spiro atoms. The third-order valence-corrected chi connectivity index (χ3v) is 10.7. The van der Waals surface area contributed by atoms with Gasteiger partial charge < -0.3 is 18.4 Å². The quantitative estimate of drug-likeness (QED) is 0.167. The highest BCUT2D eigenvalue weighted by Gasteiger charge is 2.41. The molecular formula is C54H31BN2O2. The van der Waals surface area contributed by atoms with Crippen LogP contribution in [0.3, 0.4) is 0 Å². The number of fused-ring (bicyclic) bond motifs is 13. The Morgan fingerprint density at radius 3 is 1.73 bits per heavy atom. The molecule has 0 fully saturated rings. The molecule has 0 aliphatic carbocycles. The van der Waals surface area contributed by atoms with E-state index in [0.717, 1.165) is 15.0 Å². The van der Waals surface area contributed by atoms with Gasteiger partial charge in [-0.25, -0.2) is 0 Å². The molecule has 272 valence electrons. The number of nitrogens with zero attached hydrogens (tertiary/aromatic N) is 2. The van der Waals surface area contributed by atoms with Gasteiger partial charge in [0.25, 0.3) is 0 Å². The van der Waals surface area contributed by atoms with Crippen molar-refractivity contribution in [3.8, 4) is 56.3 Å². The molecule has 0 saturated carbocycles. The number of para-hydroxylation sites is 6. The van der Waals surface area contributed by atoms with Crippen molar-refractivity contribution in [3.05, 3.63) is 187 Å². The summed E-state index contributed by atoms with van der Waals surface area (Å²) in [4.78, 5) is 0. The zero-order chi connectivity index (χ0) is 64.5. The molecule has 5 heterocycles. The van der Waals surface area contributed by atoms with Gasteiger partial charge in [0.1, 0.15) is 17.2 Å². The predicted molar refractivity (Wildman–Crippen MR) is 244 cm³/mol. The lowest BCUT2D eigenvalue weighted by molar-refractivity contribution is 0.479. The van der Waals surface area contributed by atoms with Crippen LogP contribution in [0, 0.1) is 0 Å². The molecule has 0 amide bonds. The maximum Gasteiger partial charge on any atom is 0.434 e. The van der Waals surface area contributed by atoms with Gasteiger partial charge in [-0.05, 0) is 88.7 Å². The lowest BCUT2D eigenvalue weighted by Gasteiger charge is -2.33. The molecule has 59 heavy (non-hydrogen) atoms. The van der Waals surface area contributed by atoms with Crippen LogP contribution in [0.25, 0.3) is 99.0 Å². The van der Waals surface area contributed by atoms with E-state index < -0.39 is 272 Å². The summed E-state index contributed by atoms with van der Waals surface area (Å²) in [7, 11) is 0. The topological polar surface area (TPSA) is 27.8 Å². The first kappa shape index (κ1) is 14.6. The number of aromatic nitrogens is 2. The van der Waals surface area contributed by atoms with Crippen molar-refractivity contribution in [1.82, 2.24) is 8.97 Å². The Kier molecular flexibility index (Phi) is 2.82. The molecule has 2 aliphatic heterocycles. The van der Waals surface area contributed by atoms with Gasteiger partial charge in [-0.1, -0.05) is 121 Å². The van der Waals surface area contributed by atoms with Crippen molar-refractivity contribution in [3.63, 3.8) is 0 Å². The molecule has 3 aromatic heterocycles. The fourth-order valence-electron chi connectivity index (χ4n) is 8.28. The largest absolute Gasteiger partial charge is 0.551 e. The maximum atomic E-state index is 10.3. The highest BCUT2D eigenvalue weighted by molar-refractivity contribution is 6.84. The smallest absolute Gasteiger partial charge is 0.434 e. The summed E-state index contributed by atoms with van der Waals surface area (Å²) in [6, 6.07) is -24.1. The molecule has 0 radical (unpaired) electrons. The summed E-state index contributed by atoms with van der Waals surface area (Å²) in [5.41, 5.74) is -7.51. The van der Waals surface area contributed by atoms with Crippen LogP contribution in [-0.4, -0.2) is 15.9 Å². The van der Waals surface area contributed by atoms with E-state index in [-0.39, 0.29) is 43.6 Å². The van der Waals surface area contributed by atoms with E-state index >= 15 is 0 Å². The van der Waals surface area contributed by atoms with E-state index in [1.807, 2.05) is 0 Å². The Labute approximate surface area is 381 Å². The summed E-state index contributed by atoms with van der Waals surface area (Å²) in [5, 5.41) is -2.40. The van der Waals surface area contributed by atoms with E-state index in [9.17, 15) is 15.1 Å². The van der Waals surface area contributed by atoms with Crippen LogP contribution in [0.2, 0.25) is 0 Å². The molecule has 0 atom stereocenters. The first-order valence-corrected chi connectivity index (χ1v) is 17.8. The fourth-order valence-corrected chi connectivity index (χ4v) is 8.28. The summed E-state index contributed by atoms with van der Waals surface area (Å²) in [5.74, 6) is -1.84. The first-order valence-electron chi connectivity index (χ1n) is 32.8. The van der Waals surface area contributed by atoms with Crippen molar-refractivity contribution in [2.24, 2.45) is 0 Å². The molecular weight excluding hydrogens is 719 g/mol. The summed E-state index contributed by atoms with van der Waals surface area (Å²) in [6.07, 6.45) is 0. The lowest BCUT2D eigenvalue weighted by Crippen LogP contribution is -2.53. The van der Waals surface area contributed by atoms with E-state index in [2.05, 4.69) is 0 Å². The number of hydrogen-bond acceptors (Lipinski definition) is 2. The van der Waals surface area contributed by atoms with Gasteiger partial charge >= 0.3 is 6.92 Å². The fraction of sp³-hybridized carbons (Fsp3) is 0. The molecule has 5 heteroatoms. The molecule has 0 unspecified atom stereocenters. The molecule has 12 aromatic rings. The van der Waals surface area contributed by atoms with E-state index in [4.69, 9.17) is 35.4 Å².